The van der Waals surface area contributed by atoms with Crippen molar-refractivity contribution in [3.8, 4) is 0 Å². The first-order valence-electron chi connectivity index (χ1n) is 8.89. The van der Waals surface area contributed by atoms with Crippen molar-refractivity contribution in [1.82, 2.24) is 0 Å². The van der Waals surface area contributed by atoms with E-state index >= 15 is 0 Å². The predicted molar refractivity (Wildman–Crippen MR) is 110 cm³/mol. The number of hydrogen-bond donors (Lipinski definition) is 0. The molecule has 0 bridgehead atoms. The average Bonchev–Trinajstić information content (AvgIpc) is 2.86. The summed E-state index contributed by atoms with van der Waals surface area (Å²) < 4.78 is 0. The van der Waals surface area contributed by atoms with E-state index < -0.39 is 0 Å². The van der Waals surface area contributed by atoms with Gasteiger partial charge in [0.25, 0.3) is 0 Å². The molecule has 0 aliphatic heterocycles. The monoisotopic (exact) mass is 673 g/mol. The summed E-state index contributed by atoms with van der Waals surface area (Å²) in [6, 6.07) is 7.34. The van der Waals surface area contributed by atoms with Crippen LogP contribution in [0.4, 0.5) is 0 Å². The molecule has 0 amide bonds. The Morgan fingerprint density at radius 2 is 0.962 bits per heavy atom. The number of hydrogen-bond acceptors (Lipinski definition) is 0. The Hall–Kier alpha value is 1.26. The molecular formula is C22H37I2SiZr. The molecule has 0 heterocycles. The zero-order valence-electron chi connectivity index (χ0n) is 18.4. The summed E-state index contributed by atoms with van der Waals surface area (Å²) in [5.74, 6) is 0. The predicted octanol–water partition coefficient (Wildman–Crippen LogP) is 0.583. The summed E-state index contributed by atoms with van der Waals surface area (Å²) >= 11 is 0. The largest absolute Gasteiger partial charge is 4.00 e. The third kappa shape index (κ3) is 12.0. The molecule has 0 saturated heterocycles. The van der Waals surface area contributed by atoms with Crippen molar-refractivity contribution in [3.63, 3.8) is 0 Å². The summed E-state index contributed by atoms with van der Waals surface area (Å²) in [5.41, 5.74) is 11.5. The van der Waals surface area contributed by atoms with E-state index in [1.807, 2.05) is 0 Å². The van der Waals surface area contributed by atoms with Gasteiger partial charge >= 0.3 is 26.2 Å². The molecule has 26 heavy (non-hydrogen) atoms. The third-order valence-electron chi connectivity index (χ3n) is 4.93. The summed E-state index contributed by atoms with van der Waals surface area (Å²) in [7, 11) is 0.815. The van der Waals surface area contributed by atoms with E-state index in [1.54, 1.807) is 0 Å². The van der Waals surface area contributed by atoms with E-state index in [0.717, 1.165) is 9.52 Å². The van der Waals surface area contributed by atoms with Gasteiger partial charge in [0.15, 0.2) is 0 Å². The first-order chi connectivity index (χ1) is 10.7. The SMILES string of the molecule is CC[SiH]CC.Cc1c[c-](C)c(C)c1C.Cc1c[c-](C)c(C)c1C.[I-].[I-].[Zr+4]. The van der Waals surface area contributed by atoms with Gasteiger partial charge in [-0.15, -0.1) is 0 Å². The van der Waals surface area contributed by atoms with E-state index in [0.29, 0.717) is 0 Å². The van der Waals surface area contributed by atoms with Crippen LogP contribution in [0, 0.1) is 55.4 Å². The molecule has 0 nitrogen and oxygen atoms in total. The van der Waals surface area contributed by atoms with E-state index in [4.69, 9.17) is 0 Å². The Morgan fingerprint density at radius 1 is 0.692 bits per heavy atom. The van der Waals surface area contributed by atoms with E-state index in [-0.39, 0.29) is 74.2 Å². The fourth-order valence-electron chi connectivity index (χ4n) is 2.55. The summed E-state index contributed by atoms with van der Waals surface area (Å²) in [4.78, 5) is 0. The first kappa shape index (κ1) is 34.7. The van der Waals surface area contributed by atoms with Crippen molar-refractivity contribution >= 4 is 9.52 Å². The minimum Gasteiger partial charge on any atom is -1.00 e. The van der Waals surface area contributed by atoms with Gasteiger partial charge < -0.3 is 48.0 Å². The second-order valence-electron chi connectivity index (χ2n) is 6.63. The van der Waals surface area contributed by atoms with Crippen LogP contribution in [0.2, 0.25) is 12.1 Å². The topological polar surface area (TPSA) is 0 Å². The van der Waals surface area contributed by atoms with Crippen molar-refractivity contribution in [2.45, 2.75) is 81.3 Å². The smallest absolute Gasteiger partial charge is 1.00 e. The van der Waals surface area contributed by atoms with Crippen LogP contribution in [0.15, 0.2) is 12.1 Å². The van der Waals surface area contributed by atoms with Crippen molar-refractivity contribution in [2.24, 2.45) is 0 Å². The maximum absolute atomic E-state index is 2.25. The second kappa shape index (κ2) is 18.3. The summed E-state index contributed by atoms with van der Waals surface area (Å²) in [5, 5.41) is 0. The molecule has 2 aromatic rings. The van der Waals surface area contributed by atoms with Crippen molar-refractivity contribution in [2.75, 3.05) is 0 Å². The first-order valence-corrected chi connectivity index (χ1v) is 10.5. The number of aryl methyl sites for hydroxylation is 4. The molecule has 0 saturated carbocycles. The Morgan fingerprint density at radius 3 is 1.00 bits per heavy atom. The van der Waals surface area contributed by atoms with Gasteiger partial charge in [-0.05, 0) is 0 Å². The molecular weight excluding hydrogens is 637 g/mol. The van der Waals surface area contributed by atoms with Gasteiger partial charge in [-0.3, -0.25) is 0 Å². The molecule has 2 aromatic carbocycles. The van der Waals surface area contributed by atoms with Gasteiger partial charge in [0.2, 0.25) is 0 Å². The molecule has 2 rings (SSSR count). The van der Waals surface area contributed by atoms with Crippen LogP contribution in [0.1, 0.15) is 58.4 Å². The van der Waals surface area contributed by atoms with Crippen LogP contribution in [0.5, 0.6) is 0 Å². The maximum atomic E-state index is 2.25. The normalized spacial score (nSPS) is 8.69. The zero-order valence-corrected chi connectivity index (χ0v) is 26.3. The molecule has 0 aromatic heterocycles. The Labute approximate surface area is 219 Å². The minimum absolute atomic E-state index is 0. The Kier molecular flexibility index (Phi) is 24.5. The van der Waals surface area contributed by atoms with Gasteiger partial charge in [0, 0.05) is 9.52 Å². The Balaban J connectivity index is -0.000000137. The van der Waals surface area contributed by atoms with E-state index in [1.165, 1.54) is 56.6 Å². The Bertz CT molecular complexity index is 501. The maximum Gasteiger partial charge on any atom is 4.00 e. The molecule has 0 aliphatic rings. The number of rotatable bonds is 2. The number of halogens is 2. The fourth-order valence-corrected chi connectivity index (χ4v) is 3.13. The molecule has 0 atom stereocenters. The fraction of sp³-hybridized carbons (Fsp3) is 0.545. The van der Waals surface area contributed by atoms with Crippen LogP contribution < -0.4 is 48.0 Å². The average molecular weight is 675 g/mol. The van der Waals surface area contributed by atoms with Gasteiger partial charge in [0.1, 0.15) is 0 Å². The van der Waals surface area contributed by atoms with Crippen molar-refractivity contribution in [3.05, 3.63) is 56.6 Å². The molecule has 0 N–H and O–H groups in total. The molecule has 0 spiro atoms. The summed E-state index contributed by atoms with van der Waals surface area (Å²) in [6.45, 7) is 21.9. The van der Waals surface area contributed by atoms with Crippen LogP contribution >= 0.6 is 0 Å². The van der Waals surface area contributed by atoms with Crippen molar-refractivity contribution < 1.29 is 74.2 Å². The van der Waals surface area contributed by atoms with Gasteiger partial charge in [-0.25, -0.2) is 0 Å². The van der Waals surface area contributed by atoms with Crippen molar-refractivity contribution in [1.29, 1.82) is 0 Å². The minimum atomic E-state index is 0. The zero-order chi connectivity index (χ0) is 18.2. The van der Waals surface area contributed by atoms with Gasteiger partial charge in [-0.2, -0.15) is 56.6 Å². The molecule has 4 heteroatoms. The van der Waals surface area contributed by atoms with Crippen LogP contribution in [0.25, 0.3) is 0 Å². The molecule has 0 aliphatic carbocycles. The molecule has 147 valence electrons. The second-order valence-corrected chi connectivity index (χ2v) is 8.84. The quantitative estimate of drug-likeness (QED) is 0.249. The van der Waals surface area contributed by atoms with Gasteiger partial charge in [-0.1, -0.05) is 81.3 Å². The molecule has 0 fully saturated rings. The van der Waals surface area contributed by atoms with E-state index in [9.17, 15) is 0 Å². The van der Waals surface area contributed by atoms with Crippen LogP contribution in [-0.2, 0) is 26.2 Å². The summed E-state index contributed by atoms with van der Waals surface area (Å²) in [6.07, 6.45) is 0. The van der Waals surface area contributed by atoms with E-state index in [2.05, 4.69) is 81.4 Å². The molecule has 1 radical (unpaired) electrons. The van der Waals surface area contributed by atoms with Gasteiger partial charge in [0.05, 0.1) is 0 Å². The van der Waals surface area contributed by atoms with Crippen LogP contribution in [-0.4, -0.2) is 9.52 Å². The standard InChI is InChI=1S/2C9H13.C4H11Si.2HI.Zr/c2*1-6-5-7(2)9(4)8(6)3;1-3-5-4-2;;;/h2*5H,1-4H3;5H,3-4H2,1-2H3;2*1H;/q2*-1;;;;+4/p-2. The van der Waals surface area contributed by atoms with Crippen LogP contribution in [0.3, 0.4) is 0 Å². The molecule has 0 unspecified atom stereocenters. The third-order valence-corrected chi connectivity index (χ3v) is 6.09.